The minimum Gasteiger partial charge on any atom is -0.459 e. The number of fused-ring (bicyclic) bond motifs is 3. The van der Waals surface area contributed by atoms with Crippen molar-refractivity contribution < 1.29 is 9.53 Å². The molecule has 0 saturated carbocycles. The maximum absolute atomic E-state index is 13.3. The highest BCUT2D eigenvalue weighted by molar-refractivity contribution is 5.82. The lowest BCUT2D eigenvalue weighted by Crippen LogP contribution is -2.55. The minimum absolute atomic E-state index is 0.0608. The molecule has 2 atom stereocenters. The third kappa shape index (κ3) is 2.76. The molecule has 4 aliphatic heterocycles. The summed E-state index contributed by atoms with van der Waals surface area (Å²) >= 11 is 0. The zero-order valence-corrected chi connectivity index (χ0v) is 14.6. The number of nitrogens with zero attached hydrogens (tertiary/aromatic N) is 2. The number of esters is 1. The summed E-state index contributed by atoms with van der Waals surface area (Å²) in [7, 11) is 0. The fraction of sp³-hybridized carbons (Fsp3) is 0.650. The van der Waals surface area contributed by atoms with Gasteiger partial charge in [0, 0.05) is 6.54 Å². The predicted octanol–water partition coefficient (Wildman–Crippen LogP) is 2.64. The van der Waals surface area contributed by atoms with Gasteiger partial charge >= 0.3 is 5.97 Å². The van der Waals surface area contributed by atoms with Gasteiger partial charge in [-0.1, -0.05) is 30.3 Å². The predicted molar refractivity (Wildman–Crippen MR) is 93.6 cm³/mol. The molecule has 0 radical (unpaired) electrons. The van der Waals surface area contributed by atoms with E-state index >= 15 is 0 Å². The maximum Gasteiger partial charge on any atom is 0.331 e. The Bertz CT molecular complexity index is 577. The Labute approximate surface area is 144 Å². The number of hydrogen-bond donors (Lipinski definition) is 0. The van der Waals surface area contributed by atoms with Crippen LogP contribution in [-0.2, 0) is 15.1 Å². The first-order valence-corrected chi connectivity index (χ1v) is 9.42. The molecule has 2 bridgehead atoms. The van der Waals surface area contributed by atoms with Crippen molar-refractivity contribution in [3.05, 3.63) is 35.9 Å². The van der Waals surface area contributed by atoms with Gasteiger partial charge in [0.15, 0.2) is 0 Å². The molecule has 4 nitrogen and oxygen atoms in total. The molecule has 4 heterocycles. The Balaban J connectivity index is 1.57. The molecule has 0 spiro atoms. The Hall–Kier alpha value is -1.39. The quantitative estimate of drug-likeness (QED) is 0.796. The van der Waals surface area contributed by atoms with E-state index in [2.05, 4.69) is 28.9 Å². The fourth-order valence-electron chi connectivity index (χ4n) is 4.65. The Morgan fingerprint density at radius 3 is 2.33 bits per heavy atom. The minimum atomic E-state index is -0.663. The average Bonchev–Trinajstić information content (AvgIpc) is 3.18. The van der Waals surface area contributed by atoms with Crippen LogP contribution in [0.5, 0.6) is 0 Å². The molecular weight excluding hydrogens is 300 g/mol. The SMILES string of the molecule is CC(C(=O)O[C@H]1CN2CCC1CC2)(c1ccccc1)N1CCCC1. The van der Waals surface area contributed by atoms with E-state index in [0.717, 1.165) is 38.0 Å². The third-order valence-corrected chi connectivity index (χ3v) is 6.33. The number of carbonyl (C=O) groups excluding carboxylic acids is 1. The number of benzene rings is 1. The summed E-state index contributed by atoms with van der Waals surface area (Å²) in [6, 6.07) is 10.2. The van der Waals surface area contributed by atoms with Crippen molar-refractivity contribution in [2.45, 2.75) is 44.2 Å². The molecule has 5 rings (SSSR count). The first-order chi connectivity index (χ1) is 11.7. The van der Waals surface area contributed by atoms with Crippen LogP contribution in [0.2, 0.25) is 0 Å². The van der Waals surface area contributed by atoms with Crippen molar-refractivity contribution in [1.29, 1.82) is 0 Å². The van der Waals surface area contributed by atoms with Crippen LogP contribution >= 0.6 is 0 Å². The van der Waals surface area contributed by atoms with Gasteiger partial charge in [0.25, 0.3) is 0 Å². The molecule has 4 aliphatic rings. The number of hydrogen-bond acceptors (Lipinski definition) is 4. The van der Waals surface area contributed by atoms with Crippen LogP contribution in [0.25, 0.3) is 0 Å². The van der Waals surface area contributed by atoms with Gasteiger partial charge in [0.05, 0.1) is 0 Å². The van der Waals surface area contributed by atoms with E-state index in [0.29, 0.717) is 5.92 Å². The van der Waals surface area contributed by atoms with E-state index in [-0.39, 0.29) is 12.1 Å². The van der Waals surface area contributed by atoms with E-state index in [1.807, 2.05) is 18.2 Å². The summed E-state index contributed by atoms with van der Waals surface area (Å²) in [5, 5.41) is 0. The van der Waals surface area contributed by atoms with E-state index in [1.54, 1.807) is 0 Å². The van der Waals surface area contributed by atoms with Gasteiger partial charge in [-0.05, 0) is 70.3 Å². The molecule has 130 valence electrons. The lowest BCUT2D eigenvalue weighted by molar-refractivity contribution is -0.172. The van der Waals surface area contributed by atoms with Gasteiger partial charge < -0.3 is 4.74 Å². The zero-order valence-electron chi connectivity index (χ0n) is 14.6. The Kier molecular flexibility index (Phi) is 4.35. The highest BCUT2D eigenvalue weighted by atomic mass is 16.5. The number of ether oxygens (including phenoxy) is 1. The second-order valence-corrected chi connectivity index (χ2v) is 7.71. The lowest BCUT2D eigenvalue weighted by Gasteiger charge is -2.45. The van der Waals surface area contributed by atoms with Gasteiger partial charge in [0.1, 0.15) is 11.6 Å². The molecular formula is C20H28N2O2. The molecule has 0 aromatic heterocycles. The van der Waals surface area contributed by atoms with Crippen LogP contribution in [0.1, 0.15) is 38.2 Å². The van der Waals surface area contributed by atoms with Crippen molar-refractivity contribution in [2.75, 3.05) is 32.7 Å². The molecule has 1 aromatic carbocycles. The topological polar surface area (TPSA) is 32.8 Å². The van der Waals surface area contributed by atoms with Gasteiger partial charge in [0.2, 0.25) is 0 Å². The summed E-state index contributed by atoms with van der Waals surface area (Å²) in [5.41, 5.74) is 0.391. The van der Waals surface area contributed by atoms with Crippen molar-refractivity contribution in [1.82, 2.24) is 9.80 Å². The van der Waals surface area contributed by atoms with Gasteiger partial charge in [-0.2, -0.15) is 0 Å². The second-order valence-electron chi connectivity index (χ2n) is 7.71. The first-order valence-electron chi connectivity index (χ1n) is 9.42. The summed E-state index contributed by atoms with van der Waals surface area (Å²) in [5.74, 6) is 0.493. The van der Waals surface area contributed by atoms with Crippen LogP contribution in [0, 0.1) is 5.92 Å². The summed E-state index contributed by atoms with van der Waals surface area (Å²) in [6.45, 7) is 7.25. The Morgan fingerprint density at radius 2 is 1.75 bits per heavy atom. The molecule has 0 N–H and O–H groups in total. The highest BCUT2D eigenvalue weighted by Crippen LogP contribution is 2.36. The number of rotatable bonds is 4. The molecule has 4 heteroatoms. The molecule has 1 aromatic rings. The molecule has 1 unspecified atom stereocenters. The smallest absolute Gasteiger partial charge is 0.331 e. The van der Waals surface area contributed by atoms with Crippen LogP contribution in [0.4, 0.5) is 0 Å². The van der Waals surface area contributed by atoms with Crippen molar-refractivity contribution >= 4 is 5.97 Å². The van der Waals surface area contributed by atoms with E-state index in [1.165, 1.54) is 25.9 Å². The standard InChI is InChI=1S/C20H28N2O2/c1-20(22-11-5-6-12-22,17-7-3-2-4-8-17)19(23)24-18-15-21-13-9-16(18)10-14-21/h2-4,7-8,16,18H,5-6,9-15H2,1H3/t18-,20?/m0/s1. The van der Waals surface area contributed by atoms with Crippen molar-refractivity contribution in [3.63, 3.8) is 0 Å². The van der Waals surface area contributed by atoms with Crippen molar-refractivity contribution in [3.8, 4) is 0 Å². The summed E-state index contributed by atoms with van der Waals surface area (Å²) in [6.07, 6.45) is 4.74. The van der Waals surface area contributed by atoms with Gasteiger partial charge in [-0.3, -0.25) is 9.80 Å². The van der Waals surface area contributed by atoms with E-state index in [4.69, 9.17) is 4.74 Å². The highest BCUT2D eigenvalue weighted by Gasteiger charge is 2.46. The fourth-order valence-corrected chi connectivity index (χ4v) is 4.65. The summed E-state index contributed by atoms with van der Waals surface area (Å²) < 4.78 is 6.13. The monoisotopic (exact) mass is 328 g/mol. The van der Waals surface area contributed by atoms with E-state index < -0.39 is 5.54 Å². The van der Waals surface area contributed by atoms with Crippen LogP contribution in [0.15, 0.2) is 30.3 Å². The third-order valence-electron chi connectivity index (χ3n) is 6.33. The zero-order chi connectivity index (χ0) is 16.6. The Morgan fingerprint density at radius 1 is 1.08 bits per heavy atom. The lowest BCUT2D eigenvalue weighted by atomic mass is 9.85. The van der Waals surface area contributed by atoms with E-state index in [9.17, 15) is 4.79 Å². The van der Waals surface area contributed by atoms with Crippen molar-refractivity contribution in [2.24, 2.45) is 5.92 Å². The molecule has 4 saturated heterocycles. The molecule has 0 aliphatic carbocycles. The van der Waals surface area contributed by atoms with Gasteiger partial charge in [-0.25, -0.2) is 4.79 Å². The number of likely N-dealkylation sites (tertiary alicyclic amines) is 1. The second kappa shape index (κ2) is 6.49. The molecule has 0 amide bonds. The normalized spacial score (nSPS) is 32.5. The largest absolute Gasteiger partial charge is 0.459 e. The maximum atomic E-state index is 13.3. The van der Waals surface area contributed by atoms with Crippen LogP contribution in [0.3, 0.4) is 0 Å². The molecule has 24 heavy (non-hydrogen) atoms. The summed E-state index contributed by atoms with van der Waals surface area (Å²) in [4.78, 5) is 18.1. The van der Waals surface area contributed by atoms with Crippen LogP contribution in [-0.4, -0.2) is 54.6 Å². The number of carbonyl (C=O) groups is 1. The first kappa shape index (κ1) is 16.1. The van der Waals surface area contributed by atoms with Gasteiger partial charge in [-0.15, -0.1) is 0 Å². The molecule has 4 fully saturated rings. The van der Waals surface area contributed by atoms with Crippen LogP contribution < -0.4 is 0 Å². The average molecular weight is 328 g/mol. The number of piperidine rings is 3.